The second-order valence-corrected chi connectivity index (χ2v) is 6.20. The lowest BCUT2D eigenvalue weighted by Gasteiger charge is -2.37. The van der Waals surface area contributed by atoms with Crippen molar-refractivity contribution in [3.05, 3.63) is 30.3 Å². The van der Waals surface area contributed by atoms with Crippen molar-refractivity contribution in [2.24, 2.45) is 0 Å². The molecule has 2 rings (SSSR count). The highest BCUT2D eigenvalue weighted by Gasteiger charge is 2.43. The van der Waals surface area contributed by atoms with Gasteiger partial charge >= 0.3 is 0 Å². The molecule has 0 bridgehead atoms. The Balaban J connectivity index is 2.03. The van der Waals surface area contributed by atoms with E-state index in [1.807, 2.05) is 0 Å². The number of aliphatic hydroxyl groups excluding tert-OH is 4. The highest BCUT2D eigenvalue weighted by Crippen LogP contribution is 2.21. The van der Waals surface area contributed by atoms with Crippen LogP contribution in [0.3, 0.4) is 0 Å². The number of hydrogen-bond donors (Lipinski definition) is 4. The molecule has 21 heavy (non-hydrogen) atoms. The van der Waals surface area contributed by atoms with Gasteiger partial charge in [0.15, 0.2) is 6.29 Å². The summed E-state index contributed by atoms with van der Waals surface area (Å²) in [5, 5.41) is 37.8. The molecule has 0 amide bonds. The van der Waals surface area contributed by atoms with Crippen LogP contribution in [0.1, 0.15) is 0 Å². The van der Waals surface area contributed by atoms with Gasteiger partial charge in [-0.2, -0.15) is 8.42 Å². The van der Waals surface area contributed by atoms with Crippen LogP contribution in [0.2, 0.25) is 0 Å². The lowest BCUT2D eigenvalue weighted by Crippen LogP contribution is -2.58. The minimum absolute atomic E-state index is 0.0727. The summed E-state index contributed by atoms with van der Waals surface area (Å²) in [6, 6.07) is 7.35. The number of aliphatic hydroxyl groups is 4. The third-order valence-corrected chi connectivity index (χ3v) is 4.40. The highest BCUT2D eigenvalue weighted by atomic mass is 32.2. The Morgan fingerprint density at radius 3 is 2.24 bits per heavy atom. The van der Waals surface area contributed by atoms with Gasteiger partial charge in [0.05, 0.1) is 11.5 Å². The molecule has 1 aliphatic rings. The maximum atomic E-state index is 11.9. The Labute approximate surface area is 121 Å². The summed E-state index contributed by atoms with van der Waals surface area (Å²) in [7, 11) is -4.05. The van der Waals surface area contributed by atoms with Crippen LogP contribution in [0, 0.1) is 0 Å². The zero-order valence-electron chi connectivity index (χ0n) is 10.8. The minimum atomic E-state index is -4.05. The molecule has 118 valence electrons. The van der Waals surface area contributed by atoms with Gasteiger partial charge in [0, 0.05) is 0 Å². The van der Waals surface area contributed by atoms with Crippen molar-refractivity contribution in [2.75, 3.05) is 6.61 Å². The molecule has 1 saturated heterocycles. The maximum absolute atomic E-state index is 11.9. The third-order valence-electron chi connectivity index (χ3n) is 3.11. The van der Waals surface area contributed by atoms with Crippen molar-refractivity contribution in [3.63, 3.8) is 0 Å². The van der Waals surface area contributed by atoms with Crippen molar-refractivity contribution in [1.82, 2.24) is 0 Å². The second kappa shape index (κ2) is 6.36. The van der Waals surface area contributed by atoms with Crippen molar-refractivity contribution in [3.8, 4) is 0 Å². The van der Waals surface area contributed by atoms with Crippen LogP contribution in [0.25, 0.3) is 0 Å². The van der Waals surface area contributed by atoms with E-state index in [1.165, 1.54) is 24.3 Å². The summed E-state index contributed by atoms with van der Waals surface area (Å²) in [4.78, 5) is -0.0727. The highest BCUT2D eigenvalue weighted by molar-refractivity contribution is 7.86. The predicted molar refractivity (Wildman–Crippen MR) is 68.5 cm³/mol. The molecule has 8 nitrogen and oxygen atoms in total. The first-order chi connectivity index (χ1) is 9.83. The average Bonchev–Trinajstić information content (AvgIpc) is 2.48. The Morgan fingerprint density at radius 1 is 1.00 bits per heavy atom. The fourth-order valence-corrected chi connectivity index (χ4v) is 2.82. The Morgan fingerprint density at radius 2 is 1.62 bits per heavy atom. The van der Waals surface area contributed by atoms with E-state index in [2.05, 4.69) is 0 Å². The first-order valence-corrected chi connectivity index (χ1v) is 7.56. The SMILES string of the molecule is O=S(=O)(OC[C@@H]1OC(O)[C@@H](O)[C@H](O)[C@@H]1O)c1ccccc1. The molecule has 0 radical (unpaired) electrons. The molecule has 5 atom stereocenters. The molecule has 1 unspecified atom stereocenters. The summed E-state index contributed by atoms with van der Waals surface area (Å²) in [6.45, 7) is -0.612. The molecule has 1 heterocycles. The molecule has 1 fully saturated rings. The molecule has 1 aromatic rings. The topological polar surface area (TPSA) is 134 Å². The fraction of sp³-hybridized carbons (Fsp3) is 0.500. The monoisotopic (exact) mass is 320 g/mol. The maximum Gasteiger partial charge on any atom is 0.297 e. The van der Waals surface area contributed by atoms with E-state index in [-0.39, 0.29) is 4.90 Å². The molecule has 0 aliphatic carbocycles. The van der Waals surface area contributed by atoms with Crippen LogP contribution in [0.4, 0.5) is 0 Å². The Kier molecular flexibility index (Phi) is 4.94. The number of hydrogen-bond acceptors (Lipinski definition) is 8. The van der Waals surface area contributed by atoms with Gasteiger partial charge in [0.2, 0.25) is 0 Å². The van der Waals surface area contributed by atoms with Gasteiger partial charge in [-0.1, -0.05) is 18.2 Å². The van der Waals surface area contributed by atoms with Gasteiger partial charge in [-0.05, 0) is 12.1 Å². The zero-order valence-corrected chi connectivity index (χ0v) is 11.6. The van der Waals surface area contributed by atoms with Gasteiger partial charge in [0.25, 0.3) is 10.1 Å². The summed E-state index contributed by atoms with van der Waals surface area (Å²) >= 11 is 0. The van der Waals surface area contributed by atoms with E-state index in [0.717, 1.165) is 0 Å². The second-order valence-electron chi connectivity index (χ2n) is 4.59. The summed E-state index contributed by atoms with van der Waals surface area (Å²) < 4.78 is 33.3. The average molecular weight is 320 g/mol. The van der Waals surface area contributed by atoms with Gasteiger partial charge in [-0.3, -0.25) is 4.18 Å². The van der Waals surface area contributed by atoms with Crippen molar-refractivity contribution >= 4 is 10.1 Å². The summed E-state index contributed by atoms with van der Waals surface area (Å²) in [5.74, 6) is 0. The number of benzene rings is 1. The molecule has 0 aromatic heterocycles. The lowest BCUT2D eigenvalue weighted by atomic mass is 10.00. The smallest absolute Gasteiger partial charge is 0.297 e. The van der Waals surface area contributed by atoms with Gasteiger partial charge in [-0.25, -0.2) is 0 Å². The van der Waals surface area contributed by atoms with Crippen LogP contribution in [0.15, 0.2) is 35.2 Å². The summed E-state index contributed by atoms with van der Waals surface area (Å²) in [6.07, 6.45) is -7.97. The van der Waals surface area contributed by atoms with E-state index < -0.39 is 47.4 Å². The molecule has 9 heteroatoms. The van der Waals surface area contributed by atoms with E-state index >= 15 is 0 Å². The predicted octanol–water partition coefficient (Wildman–Crippen LogP) is -1.81. The first-order valence-electron chi connectivity index (χ1n) is 6.15. The number of ether oxygens (including phenoxy) is 1. The lowest BCUT2D eigenvalue weighted by molar-refractivity contribution is -0.285. The van der Waals surface area contributed by atoms with Crippen molar-refractivity contribution in [2.45, 2.75) is 35.6 Å². The van der Waals surface area contributed by atoms with Gasteiger partial charge in [0.1, 0.15) is 24.4 Å². The summed E-state index contributed by atoms with van der Waals surface area (Å²) in [5.41, 5.74) is 0. The van der Waals surface area contributed by atoms with Crippen LogP contribution < -0.4 is 0 Å². The quantitative estimate of drug-likeness (QED) is 0.477. The van der Waals surface area contributed by atoms with Gasteiger partial charge in [-0.15, -0.1) is 0 Å². The van der Waals surface area contributed by atoms with E-state index in [0.29, 0.717) is 0 Å². The Hall–Kier alpha value is -1.07. The molecule has 1 aromatic carbocycles. The van der Waals surface area contributed by atoms with Crippen LogP contribution in [0.5, 0.6) is 0 Å². The van der Waals surface area contributed by atoms with Crippen LogP contribution >= 0.6 is 0 Å². The molecule has 0 spiro atoms. The fourth-order valence-electron chi connectivity index (χ4n) is 1.88. The van der Waals surface area contributed by atoms with E-state index in [9.17, 15) is 28.8 Å². The van der Waals surface area contributed by atoms with Crippen molar-refractivity contribution < 1.29 is 37.8 Å². The third kappa shape index (κ3) is 3.58. The molecule has 0 saturated carbocycles. The Bertz CT molecular complexity index is 560. The van der Waals surface area contributed by atoms with Crippen LogP contribution in [-0.4, -0.2) is 66.2 Å². The van der Waals surface area contributed by atoms with Crippen LogP contribution in [-0.2, 0) is 19.0 Å². The normalized spacial score (nSPS) is 33.8. The number of rotatable bonds is 4. The standard InChI is InChI=1S/C12H16O8S/c13-9-8(20-12(16)11(15)10(9)14)6-19-21(17,18)7-4-2-1-3-5-7/h1-5,8-16H,6H2/t8-,9+,10+,11-,12?/m0/s1. The molecule has 1 aliphatic heterocycles. The molecular weight excluding hydrogens is 304 g/mol. The zero-order chi connectivity index (χ0) is 15.6. The molecular formula is C12H16O8S. The van der Waals surface area contributed by atoms with E-state index in [1.54, 1.807) is 6.07 Å². The van der Waals surface area contributed by atoms with Gasteiger partial charge < -0.3 is 25.2 Å². The van der Waals surface area contributed by atoms with Crippen molar-refractivity contribution in [1.29, 1.82) is 0 Å². The minimum Gasteiger partial charge on any atom is -0.387 e. The first kappa shape index (κ1) is 16.3. The van der Waals surface area contributed by atoms with E-state index in [4.69, 9.17) is 8.92 Å². The largest absolute Gasteiger partial charge is 0.387 e. The molecule has 4 N–H and O–H groups in total.